The molecule has 0 saturated heterocycles. The Bertz CT molecular complexity index is 453. The third-order valence-corrected chi connectivity index (χ3v) is 2.43. The number of hydrogen-bond donors (Lipinski definition) is 3. The van der Waals surface area contributed by atoms with Crippen LogP contribution in [0.5, 0.6) is 5.19 Å². The van der Waals surface area contributed by atoms with Gasteiger partial charge in [0.25, 0.3) is 5.19 Å². The number of carbonyl (C=O) groups is 1. The Morgan fingerprint density at radius 2 is 2.26 bits per heavy atom. The molecule has 3 N–H and O–H groups in total. The van der Waals surface area contributed by atoms with Crippen LogP contribution in [0.4, 0.5) is 4.79 Å². The predicted octanol–water partition coefficient (Wildman–Crippen LogP) is 1.36. The van der Waals surface area contributed by atoms with Gasteiger partial charge >= 0.3 is 6.09 Å². The Balaban J connectivity index is 2.53. The van der Waals surface area contributed by atoms with Crippen molar-refractivity contribution in [2.45, 2.75) is 26.4 Å². The van der Waals surface area contributed by atoms with Crippen molar-refractivity contribution in [2.75, 3.05) is 13.2 Å². The summed E-state index contributed by atoms with van der Waals surface area (Å²) in [7, 11) is 0. The van der Waals surface area contributed by atoms with Gasteiger partial charge in [0.1, 0.15) is 17.9 Å². The molecule has 0 aliphatic carbocycles. The molecule has 1 heterocycles. The molecule has 0 unspecified atom stereocenters. The zero-order valence-corrected chi connectivity index (χ0v) is 11.8. The van der Waals surface area contributed by atoms with Crippen molar-refractivity contribution >= 4 is 23.3 Å². The number of thiazole rings is 1. The summed E-state index contributed by atoms with van der Waals surface area (Å²) in [4.78, 5) is 15.4. The number of aliphatic hydroxyl groups is 1. The molecule has 1 aromatic rings. The van der Waals surface area contributed by atoms with Gasteiger partial charge in [-0.1, -0.05) is 11.3 Å². The summed E-state index contributed by atoms with van der Waals surface area (Å²) in [5.41, 5.74) is -0.342. The van der Waals surface area contributed by atoms with Gasteiger partial charge in [-0.2, -0.15) is 4.98 Å². The molecule has 0 aliphatic heterocycles. The number of nitrogens with zero attached hydrogens (tertiary/aromatic N) is 1. The molecule has 0 aliphatic rings. The SMILES string of the molecule is CC(C)(C)OC(=O)NC(=N)c1csc(OCCO)n1. The van der Waals surface area contributed by atoms with Gasteiger partial charge in [-0.3, -0.25) is 10.7 Å². The van der Waals surface area contributed by atoms with Crippen LogP contribution in [0.3, 0.4) is 0 Å². The summed E-state index contributed by atoms with van der Waals surface area (Å²) in [5.74, 6) is -0.163. The van der Waals surface area contributed by atoms with Gasteiger partial charge < -0.3 is 14.6 Å². The van der Waals surface area contributed by atoms with Crippen molar-refractivity contribution in [3.8, 4) is 5.19 Å². The second-order valence-corrected chi connectivity index (χ2v) is 5.39. The average Bonchev–Trinajstić information content (AvgIpc) is 2.72. The molecule has 0 atom stereocenters. The van der Waals surface area contributed by atoms with Crippen LogP contribution in [0.25, 0.3) is 0 Å². The molecule has 0 saturated carbocycles. The van der Waals surface area contributed by atoms with E-state index in [0.717, 1.165) is 0 Å². The lowest BCUT2D eigenvalue weighted by atomic mass is 10.2. The van der Waals surface area contributed by atoms with Gasteiger partial charge in [-0.25, -0.2) is 4.79 Å². The molecular formula is C11H17N3O4S. The van der Waals surface area contributed by atoms with E-state index in [-0.39, 0.29) is 24.7 Å². The molecule has 1 aromatic heterocycles. The molecule has 0 radical (unpaired) electrons. The van der Waals surface area contributed by atoms with Gasteiger partial charge in [0, 0.05) is 5.38 Å². The highest BCUT2D eigenvalue weighted by atomic mass is 32.1. The Morgan fingerprint density at radius 3 is 2.84 bits per heavy atom. The van der Waals surface area contributed by atoms with E-state index >= 15 is 0 Å². The Morgan fingerprint density at radius 1 is 1.58 bits per heavy atom. The fraction of sp³-hybridized carbons (Fsp3) is 0.545. The van der Waals surface area contributed by atoms with Crippen molar-refractivity contribution in [1.82, 2.24) is 10.3 Å². The van der Waals surface area contributed by atoms with Crippen molar-refractivity contribution < 1.29 is 19.4 Å². The number of aromatic nitrogens is 1. The zero-order valence-electron chi connectivity index (χ0n) is 11.0. The predicted molar refractivity (Wildman–Crippen MR) is 70.9 cm³/mol. The van der Waals surface area contributed by atoms with Crippen LogP contribution >= 0.6 is 11.3 Å². The summed E-state index contributed by atoms with van der Waals surface area (Å²) in [5, 5.41) is 20.5. The van der Waals surface area contributed by atoms with Gasteiger partial charge in [-0.15, -0.1) is 0 Å². The van der Waals surface area contributed by atoms with E-state index in [2.05, 4.69) is 10.3 Å². The van der Waals surface area contributed by atoms with E-state index in [4.69, 9.17) is 20.0 Å². The van der Waals surface area contributed by atoms with Gasteiger partial charge in [0.2, 0.25) is 0 Å². The number of amidine groups is 1. The maximum absolute atomic E-state index is 11.5. The quantitative estimate of drug-likeness (QED) is 0.573. The zero-order chi connectivity index (χ0) is 14.5. The number of rotatable bonds is 4. The number of amides is 1. The lowest BCUT2D eigenvalue weighted by Crippen LogP contribution is -2.36. The molecule has 0 aromatic carbocycles. The Labute approximate surface area is 115 Å². The second kappa shape index (κ2) is 6.48. The van der Waals surface area contributed by atoms with Crippen LogP contribution < -0.4 is 10.1 Å². The number of carbonyl (C=O) groups excluding carboxylic acids is 1. The lowest BCUT2D eigenvalue weighted by molar-refractivity contribution is 0.0563. The van der Waals surface area contributed by atoms with Crippen LogP contribution in [0.15, 0.2) is 5.38 Å². The first kappa shape index (κ1) is 15.4. The van der Waals surface area contributed by atoms with Gasteiger partial charge in [0.05, 0.1) is 6.61 Å². The van der Waals surface area contributed by atoms with Crippen molar-refractivity contribution in [3.63, 3.8) is 0 Å². The van der Waals surface area contributed by atoms with Crippen LogP contribution in [0.1, 0.15) is 26.5 Å². The normalized spacial score (nSPS) is 10.9. The van der Waals surface area contributed by atoms with Crippen LogP contribution in [-0.2, 0) is 4.74 Å². The van der Waals surface area contributed by atoms with E-state index in [9.17, 15) is 4.79 Å². The highest BCUT2D eigenvalue weighted by molar-refractivity contribution is 7.11. The maximum atomic E-state index is 11.5. The van der Waals surface area contributed by atoms with Crippen LogP contribution in [0, 0.1) is 5.41 Å². The molecule has 0 fully saturated rings. The number of ether oxygens (including phenoxy) is 2. The molecule has 19 heavy (non-hydrogen) atoms. The maximum Gasteiger partial charge on any atom is 0.413 e. The topological polar surface area (TPSA) is 105 Å². The number of aliphatic hydroxyl groups excluding tert-OH is 1. The molecule has 1 rings (SSSR count). The third-order valence-electron chi connectivity index (χ3n) is 1.68. The first-order valence-electron chi connectivity index (χ1n) is 5.60. The Kier molecular flexibility index (Phi) is 5.25. The molecule has 0 bridgehead atoms. The highest BCUT2D eigenvalue weighted by Crippen LogP contribution is 2.17. The van der Waals surface area contributed by atoms with Gasteiger partial charge in [0.15, 0.2) is 5.84 Å². The summed E-state index contributed by atoms with van der Waals surface area (Å²) >= 11 is 1.18. The fourth-order valence-electron chi connectivity index (χ4n) is 1.04. The molecule has 1 amide bonds. The van der Waals surface area contributed by atoms with E-state index in [1.54, 1.807) is 26.2 Å². The number of hydrogen-bond acceptors (Lipinski definition) is 7. The minimum atomic E-state index is -0.705. The van der Waals surface area contributed by atoms with Gasteiger partial charge in [-0.05, 0) is 20.8 Å². The lowest BCUT2D eigenvalue weighted by Gasteiger charge is -2.19. The third kappa shape index (κ3) is 5.66. The molecule has 8 heteroatoms. The second-order valence-electron chi connectivity index (χ2n) is 4.57. The van der Waals surface area contributed by atoms with E-state index < -0.39 is 11.7 Å². The summed E-state index contributed by atoms with van der Waals surface area (Å²) in [6, 6.07) is 0. The summed E-state index contributed by atoms with van der Waals surface area (Å²) in [6.07, 6.45) is -0.705. The van der Waals surface area contributed by atoms with E-state index in [0.29, 0.717) is 5.19 Å². The molecular weight excluding hydrogens is 270 g/mol. The smallest absolute Gasteiger partial charge is 0.413 e. The van der Waals surface area contributed by atoms with Crippen molar-refractivity contribution in [3.05, 3.63) is 11.1 Å². The number of nitrogens with one attached hydrogen (secondary N) is 2. The van der Waals surface area contributed by atoms with E-state index in [1.165, 1.54) is 11.3 Å². The molecule has 0 spiro atoms. The summed E-state index contributed by atoms with van der Waals surface area (Å²) in [6.45, 7) is 5.24. The minimum Gasteiger partial charge on any atom is -0.468 e. The summed E-state index contributed by atoms with van der Waals surface area (Å²) < 4.78 is 10.1. The molecule has 106 valence electrons. The standard InChI is InChI=1S/C11H17N3O4S/c1-11(2,3)18-9(16)14-8(12)7-6-19-10(13-7)17-5-4-15/h6,15H,4-5H2,1-3H3,(H2,12,14,16). The largest absolute Gasteiger partial charge is 0.468 e. The highest BCUT2D eigenvalue weighted by Gasteiger charge is 2.18. The molecule has 7 nitrogen and oxygen atoms in total. The first-order chi connectivity index (χ1) is 8.81. The van der Waals surface area contributed by atoms with Crippen molar-refractivity contribution in [2.24, 2.45) is 0 Å². The first-order valence-corrected chi connectivity index (χ1v) is 6.48. The monoisotopic (exact) mass is 287 g/mol. The average molecular weight is 287 g/mol. The van der Waals surface area contributed by atoms with Crippen LogP contribution in [0.2, 0.25) is 0 Å². The van der Waals surface area contributed by atoms with Crippen molar-refractivity contribution in [1.29, 1.82) is 5.41 Å². The minimum absolute atomic E-state index is 0.109. The van der Waals surface area contributed by atoms with E-state index in [1.807, 2.05) is 0 Å². The van der Waals surface area contributed by atoms with Crippen LogP contribution in [-0.4, -0.2) is 40.8 Å². The Hall–Kier alpha value is -1.67. The number of alkyl carbamates (subject to hydrolysis) is 1. The fourth-order valence-corrected chi connectivity index (χ4v) is 1.73.